The average molecular weight is 365 g/mol. The topological polar surface area (TPSA) is 0 Å². The zero-order valence-corrected chi connectivity index (χ0v) is 19.0. The Labute approximate surface area is 168 Å². The quantitative estimate of drug-likeness (QED) is 0.448. The van der Waals surface area contributed by atoms with Gasteiger partial charge >= 0.3 is 0 Å². The molecule has 0 heteroatoms. The van der Waals surface area contributed by atoms with Crippen molar-refractivity contribution in [2.45, 2.75) is 99.3 Å². The summed E-state index contributed by atoms with van der Waals surface area (Å²) in [6.07, 6.45) is 5.56. The van der Waals surface area contributed by atoms with E-state index in [0.717, 1.165) is 32.1 Å². The maximum atomic E-state index is 2.47. The monoisotopic (exact) mass is 364 g/mol. The molecule has 0 nitrogen and oxygen atoms in total. The van der Waals surface area contributed by atoms with Crippen LogP contribution in [0.1, 0.15) is 112 Å². The molecule has 0 saturated carbocycles. The molecule has 0 aliphatic carbocycles. The second kappa shape index (κ2) is 9.58. The minimum Gasteiger partial charge on any atom is -0.0613 e. The van der Waals surface area contributed by atoms with Crippen LogP contribution in [-0.4, -0.2) is 0 Å². The summed E-state index contributed by atoms with van der Waals surface area (Å²) < 4.78 is 0. The van der Waals surface area contributed by atoms with Crippen LogP contribution in [0.4, 0.5) is 0 Å². The molecule has 2 rings (SSSR count). The number of hydrogen-bond acceptors (Lipinski definition) is 0. The number of aryl methyl sites for hydroxylation is 4. The highest BCUT2D eigenvalue weighted by Gasteiger charge is 2.15. The molecule has 0 unspecified atom stereocenters. The first-order valence-electron chi connectivity index (χ1n) is 11.1. The fourth-order valence-electron chi connectivity index (χ4n) is 4.80. The summed E-state index contributed by atoms with van der Waals surface area (Å²) in [6.45, 7) is 18.5. The van der Waals surface area contributed by atoms with Crippen LogP contribution in [0.25, 0.3) is 0 Å². The Hall–Kier alpha value is -1.56. The Kier molecular flexibility index (Phi) is 7.71. The van der Waals surface area contributed by atoms with Crippen molar-refractivity contribution in [1.29, 1.82) is 0 Å². The van der Waals surface area contributed by atoms with E-state index in [1.165, 1.54) is 11.1 Å². The zero-order chi connectivity index (χ0) is 20.1. The van der Waals surface area contributed by atoms with Gasteiger partial charge in [0.15, 0.2) is 0 Å². The molecule has 0 amide bonds. The molecule has 0 saturated heterocycles. The van der Waals surface area contributed by atoms with Gasteiger partial charge in [-0.2, -0.15) is 0 Å². The highest BCUT2D eigenvalue weighted by Crippen LogP contribution is 2.30. The minimum atomic E-state index is 0.604. The van der Waals surface area contributed by atoms with Gasteiger partial charge in [0.05, 0.1) is 0 Å². The normalized spacial score (nSPS) is 11.6. The van der Waals surface area contributed by atoms with Gasteiger partial charge in [-0.1, -0.05) is 79.7 Å². The van der Waals surface area contributed by atoms with Gasteiger partial charge in [-0.25, -0.2) is 0 Å². The van der Waals surface area contributed by atoms with E-state index in [2.05, 4.69) is 79.7 Å². The van der Waals surface area contributed by atoms with Crippen LogP contribution in [0, 0.1) is 0 Å². The van der Waals surface area contributed by atoms with Gasteiger partial charge < -0.3 is 0 Å². The van der Waals surface area contributed by atoms with Crippen LogP contribution in [0.3, 0.4) is 0 Å². The molecule has 2 aromatic rings. The van der Waals surface area contributed by atoms with E-state index in [4.69, 9.17) is 0 Å². The van der Waals surface area contributed by atoms with Crippen molar-refractivity contribution in [2.75, 3.05) is 0 Å². The van der Waals surface area contributed by atoms with E-state index in [9.17, 15) is 0 Å². The first-order valence-corrected chi connectivity index (χ1v) is 11.1. The standard InChI is InChI=1S/C27H40/c1-9-22-14-20(15-23(10-2)26(22)18(5)6)13-21-16-24(11-3)27(19(7)8)25(12-4)17-21/h14-19H,9-13H2,1-8H3. The molecule has 0 heterocycles. The molecule has 2 aromatic carbocycles. The van der Waals surface area contributed by atoms with Crippen molar-refractivity contribution in [1.82, 2.24) is 0 Å². The molecule has 0 atom stereocenters. The molecule has 0 aromatic heterocycles. The molecule has 0 spiro atoms. The molecule has 0 aliphatic heterocycles. The van der Waals surface area contributed by atoms with Crippen LogP contribution in [0.2, 0.25) is 0 Å². The van der Waals surface area contributed by atoms with Crippen LogP contribution < -0.4 is 0 Å². The molecule has 0 radical (unpaired) electrons. The largest absolute Gasteiger partial charge is 0.0613 e. The van der Waals surface area contributed by atoms with E-state index >= 15 is 0 Å². The maximum absolute atomic E-state index is 2.47. The van der Waals surface area contributed by atoms with Crippen molar-refractivity contribution < 1.29 is 0 Å². The third kappa shape index (κ3) is 4.84. The Morgan fingerprint density at radius 1 is 0.519 bits per heavy atom. The Morgan fingerprint density at radius 2 is 0.778 bits per heavy atom. The maximum Gasteiger partial charge on any atom is -0.00254 e. The van der Waals surface area contributed by atoms with Crippen LogP contribution in [0.5, 0.6) is 0 Å². The van der Waals surface area contributed by atoms with E-state index in [1.54, 1.807) is 33.4 Å². The molecule has 0 fully saturated rings. The lowest BCUT2D eigenvalue weighted by Gasteiger charge is -2.21. The summed E-state index contributed by atoms with van der Waals surface area (Å²) in [7, 11) is 0. The van der Waals surface area contributed by atoms with Crippen molar-refractivity contribution in [3.63, 3.8) is 0 Å². The fourth-order valence-corrected chi connectivity index (χ4v) is 4.80. The lowest BCUT2D eigenvalue weighted by atomic mass is 9.84. The zero-order valence-electron chi connectivity index (χ0n) is 19.0. The Bertz CT molecular complexity index is 646. The predicted molar refractivity (Wildman–Crippen MR) is 121 cm³/mol. The van der Waals surface area contributed by atoms with Crippen molar-refractivity contribution >= 4 is 0 Å². The van der Waals surface area contributed by atoms with E-state index in [0.29, 0.717) is 11.8 Å². The average Bonchev–Trinajstić information content (AvgIpc) is 2.65. The summed E-state index contributed by atoms with van der Waals surface area (Å²) in [5.41, 5.74) is 12.3. The minimum absolute atomic E-state index is 0.604. The molecule has 0 bridgehead atoms. The Morgan fingerprint density at radius 3 is 0.963 bits per heavy atom. The molecular weight excluding hydrogens is 324 g/mol. The smallest absolute Gasteiger partial charge is 0.00254 e. The molecule has 148 valence electrons. The molecule has 0 aliphatic rings. The summed E-state index contributed by atoms with van der Waals surface area (Å²) in [4.78, 5) is 0. The van der Waals surface area contributed by atoms with Crippen molar-refractivity contribution in [3.8, 4) is 0 Å². The number of rotatable bonds is 8. The lowest BCUT2D eigenvalue weighted by Crippen LogP contribution is -2.06. The van der Waals surface area contributed by atoms with E-state index in [-0.39, 0.29) is 0 Å². The number of hydrogen-bond donors (Lipinski definition) is 0. The molecule has 0 N–H and O–H groups in total. The van der Waals surface area contributed by atoms with Gasteiger partial charge in [-0.3, -0.25) is 0 Å². The van der Waals surface area contributed by atoms with Gasteiger partial charge in [0, 0.05) is 0 Å². The van der Waals surface area contributed by atoms with E-state index in [1.807, 2.05) is 0 Å². The van der Waals surface area contributed by atoms with Gasteiger partial charge in [-0.05, 0) is 88.4 Å². The second-order valence-electron chi connectivity index (χ2n) is 8.56. The summed E-state index contributed by atoms with van der Waals surface area (Å²) >= 11 is 0. The van der Waals surface area contributed by atoms with Crippen molar-refractivity contribution in [2.24, 2.45) is 0 Å². The SMILES string of the molecule is CCc1cc(Cc2cc(CC)c(C(C)C)c(CC)c2)cc(CC)c1C(C)C. The van der Waals surface area contributed by atoms with Crippen LogP contribution >= 0.6 is 0 Å². The third-order valence-corrected chi connectivity index (χ3v) is 5.91. The fraction of sp³-hybridized carbons (Fsp3) is 0.556. The highest BCUT2D eigenvalue weighted by molar-refractivity contribution is 5.46. The Balaban J connectivity index is 2.50. The summed E-state index contributed by atoms with van der Waals surface area (Å²) in [6, 6.07) is 9.90. The van der Waals surface area contributed by atoms with Gasteiger partial charge in [0.25, 0.3) is 0 Å². The first-order chi connectivity index (χ1) is 12.9. The summed E-state index contributed by atoms with van der Waals surface area (Å²) in [5, 5.41) is 0. The number of benzene rings is 2. The van der Waals surface area contributed by atoms with Gasteiger partial charge in [-0.15, -0.1) is 0 Å². The second-order valence-corrected chi connectivity index (χ2v) is 8.56. The molecular formula is C27H40. The van der Waals surface area contributed by atoms with E-state index < -0.39 is 0 Å². The van der Waals surface area contributed by atoms with Crippen LogP contribution in [0.15, 0.2) is 24.3 Å². The molecule has 27 heavy (non-hydrogen) atoms. The van der Waals surface area contributed by atoms with Gasteiger partial charge in [0.2, 0.25) is 0 Å². The highest BCUT2D eigenvalue weighted by atomic mass is 14.2. The van der Waals surface area contributed by atoms with Crippen molar-refractivity contribution in [3.05, 3.63) is 68.8 Å². The first kappa shape index (κ1) is 21.7. The van der Waals surface area contributed by atoms with Crippen LogP contribution in [-0.2, 0) is 32.1 Å². The van der Waals surface area contributed by atoms with Gasteiger partial charge in [0.1, 0.15) is 0 Å². The summed E-state index contributed by atoms with van der Waals surface area (Å²) in [5.74, 6) is 1.21. The lowest BCUT2D eigenvalue weighted by molar-refractivity contribution is 0.816. The third-order valence-electron chi connectivity index (χ3n) is 5.91. The predicted octanol–water partition coefficient (Wildman–Crippen LogP) is 7.77.